The summed E-state index contributed by atoms with van der Waals surface area (Å²) in [6.45, 7) is 4.22. The highest BCUT2D eigenvalue weighted by Crippen LogP contribution is 2.34. The van der Waals surface area contributed by atoms with Gasteiger partial charge in [0.2, 0.25) is 10.0 Å². The molecule has 0 spiro atoms. The molecule has 10 nitrogen and oxygen atoms in total. The highest BCUT2D eigenvalue weighted by molar-refractivity contribution is 7.89. The van der Waals surface area contributed by atoms with E-state index in [9.17, 15) is 8.42 Å². The van der Waals surface area contributed by atoms with E-state index < -0.39 is 10.0 Å². The highest BCUT2D eigenvalue weighted by Gasteiger charge is 2.26. The second kappa shape index (κ2) is 10.5. The molecule has 11 heteroatoms. The number of ether oxygens (including phenoxy) is 1. The SMILES string of the molecule is CCS(=O)(=O)N1CCN(c2ccc3[nH]c(-c4ccc(OCc5ccccc5)c(-c5ccn[nH]5)c4)nc3n2)CC1. The Kier molecular flexibility index (Phi) is 6.76. The maximum absolute atomic E-state index is 12.2. The van der Waals surface area contributed by atoms with Crippen LogP contribution in [0.3, 0.4) is 0 Å². The quantitative estimate of drug-likeness (QED) is 0.303. The van der Waals surface area contributed by atoms with Crippen LogP contribution in [-0.2, 0) is 16.6 Å². The standard InChI is InChI=1S/C28H29N7O3S/c1-2-39(36,37)35-16-14-34(15-17-35)26-11-9-24-28(31-26)32-27(30-24)21-8-10-25(22(18-21)23-12-13-29-33-23)38-19-20-6-4-3-5-7-20/h3-13,18H,2,14-17,19H2,1H3,(H,29,33)(H,30,31,32). The van der Waals surface area contributed by atoms with Gasteiger partial charge < -0.3 is 14.6 Å². The Morgan fingerprint density at radius 2 is 1.77 bits per heavy atom. The predicted octanol–water partition coefficient (Wildman–Crippen LogP) is 4.07. The number of pyridine rings is 1. The molecule has 6 rings (SSSR count). The number of hydrogen-bond acceptors (Lipinski definition) is 7. The van der Waals surface area contributed by atoms with Gasteiger partial charge >= 0.3 is 0 Å². The molecule has 1 fully saturated rings. The van der Waals surface area contributed by atoms with Crippen LogP contribution in [0, 0.1) is 0 Å². The van der Waals surface area contributed by atoms with Gasteiger partial charge in [0.25, 0.3) is 0 Å². The van der Waals surface area contributed by atoms with E-state index in [2.05, 4.69) is 20.1 Å². The van der Waals surface area contributed by atoms with Gasteiger partial charge in [0.1, 0.15) is 24.0 Å². The Morgan fingerprint density at radius 3 is 2.51 bits per heavy atom. The van der Waals surface area contributed by atoms with Gasteiger partial charge in [0.05, 0.1) is 17.0 Å². The zero-order valence-corrected chi connectivity index (χ0v) is 22.4. The Morgan fingerprint density at radius 1 is 0.949 bits per heavy atom. The summed E-state index contributed by atoms with van der Waals surface area (Å²) in [5, 5.41) is 7.15. The third-order valence-electron chi connectivity index (χ3n) is 6.93. The number of rotatable bonds is 8. The van der Waals surface area contributed by atoms with Crippen LogP contribution in [0.1, 0.15) is 12.5 Å². The first-order valence-electron chi connectivity index (χ1n) is 12.9. The molecule has 0 bridgehead atoms. The molecule has 0 atom stereocenters. The molecular formula is C28H29N7O3S. The van der Waals surface area contributed by atoms with Gasteiger partial charge in [-0.05, 0) is 48.9 Å². The van der Waals surface area contributed by atoms with E-state index in [0.717, 1.165) is 39.5 Å². The van der Waals surface area contributed by atoms with Crippen molar-refractivity contribution in [1.29, 1.82) is 0 Å². The Labute approximate surface area is 226 Å². The third-order valence-corrected chi connectivity index (χ3v) is 8.81. The predicted molar refractivity (Wildman–Crippen MR) is 151 cm³/mol. The van der Waals surface area contributed by atoms with E-state index in [1.54, 1.807) is 17.4 Å². The zero-order chi connectivity index (χ0) is 26.8. The third kappa shape index (κ3) is 5.23. The molecule has 0 radical (unpaired) electrons. The molecule has 0 unspecified atom stereocenters. The molecule has 0 aliphatic carbocycles. The van der Waals surface area contributed by atoms with E-state index in [0.29, 0.717) is 44.3 Å². The lowest BCUT2D eigenvalue weighted by Crippen LogP contribution is -2.49. The van der Waals surface area contributed by atoms with Crippen LogP contribution < -0.4 is 9.64 Å². The summed E-state index contributed by atoms with van der Waals surface area (Å²) in [5.41, 5.74) is 5.15. The molecule has 0 amide bonds. The highest BCUT2D eigenvalue weighted by atomic mass is 32.2. The van der Waals surface area contributed by atoms with Gasteiger partial charge in [-0.2, -0.15) is 9.40 Å². The molecule has 4 heterocycles. The van der Waals surface area contributed by atoms with Gasteiger partial charge in [-0.15, -0.1) is 0 Å². The summed E-state index contributed by atoms with van der Waals surface area (Å²) >= 11 is 0. The van der Waals surface area contributed by atoms with Gasteiger partial charge in [-0.25, -0.2) is 18.4 Å². The summed E-state index contributed by atoms with van der Waals surface area (Å²) in [6.07, 6.45) is 1.72. The molecule has 2 N–H and O–H groups in total. The first kappa shape index (κ1) is 25.1. The molecule has 200 valence electrons. The maximum Gasteiger partial charge on any atom is 0.213 e. The number of hydrogen-bond donors (Lipinski definition) is 2. The lowest BCUT2D eigenvalue weighted by atomic mass is 10.1. The summed E-state index contributed by atoms with van der Waals surface area (Å²) in [6, 6.07) is 21.8. The number of nitrogens with zero attached hydrogens (tertiary/aromatic N) is 5. The second-order valence-corrected chi connectivity index (χ2v) is 11.6. The second-order valence-electron chi connectivity index (χ2n) is 9.37. The van der Waals surface area contributed by atoms with Gasteiger partial charge in [-0.1, -0.05) is 30.3 Å². The van der Waals surface area contributed by atoms with Crippen molar-refractivity contribution < 1.29 is 13.2 Å². The van der Waals surface area contributed by atoms with Crippen LogP contribution in [-0.4, -0.2) is 69.8 Å². The lowest BCUT2D eigenvalue weighted by molar-refractivity contribution is 0.307. The average molecular weight is 544 g/mol. The topological polar surface area (TPSA) is 120 Å². The van der Waals surface area contributed by atoms with Gasteiger partial charge in [0, 0.05) is 43.5 Å². The first-order chi connectivity index (χ1) is 19.0. The first-order valence-corrected chi connectivity index (χ1v) is 14.5. The van der Waals surface area contributed by atoms with E-state index in [-0.39, 0.29) is 5.75 Å². The number of H-pyrrole nitrogens is 2. The molecule has 39 heavy (non-hydrogen) atoms. The molecule has 1 saturated heterocycles. The van der Waals surface area contributed by atoms with Crippen molar-refractivity contribution in [3.63, 3.8) is 0 Å². The molecule has 5 aromatic rings. The number of aromatic amines is 2. The van der Waals surface area contributed by atoms with Crippen molar-refractivity contribution >= 4 is 27.0 Å². The number of imidazole rings is 1. The fraction of sp³-hybridized carbons (Fsp3) is 0.250. The van der Waals surface area contributed by atoms with Crippen molar-refractivity contribution in [3.8, 4) is 28.4 Å². The van der Waals surface area contributed by atoms with Crippen LogP contribution in [0.2, 0.25) is 0 Å². The normalized spacial score (nSPS) is 14.6. The Hall–Kier alpha value is -4.22. The molecule has 1 aliphatic heterocycles. The van der Waals surface area contributed by atoms with Crippen LogP contribution in [0.4, 0.5) is 5.82 Å². The van der Waals surface area contributed by atoms with E-state index >= 15 is 0 Å². The molecular weight excluding hydrogens is 514 g/mol. The minimum atomic E-state index is -3.18. The number of fused-ring (bicyclic) bond motifs is 1. The molecule has 1 aliphatic rings. The van der Waals surface area contributed by atoms with Crippen molar-refractivity contribution in [2.24, 2.45) is 0 Å². The molecule has 2 aromatic carbocycles. The summed E-state index contributed by atoms with van der Waals surface area (Å²) in [4.78, 5) is 15.0. The van der Waals surface area contributed by atoms with Crippen molar-refractivity contribution in [3.05, 3.63) is 78.5 Å². The lowest BCUT2D eigenvalue weighted by Gasteiger charge is -2.34. The number of piperazine rings is 1. The number of anilines is 1. The number of benzene rings is 2. The number of sulfonamides is 1. The van der Waals surface area contributed by atoms with Crippen molar-refractivity contribution in [2.45, 2.75) is 13.5 Å². The monoisotopic (exact) mass is 543 g/mol. The van der Waals surface area contributed by atoms with Gasteiger partial charge in [-0.3, -0.25) is 5.10 Å². The molecule has 0 saturated carbocycles. The van der Waals surface area contributed by atoms with Crippen LogP contribution >= 0.6 is 0 Å². The summed E-state index contributed by atoms with van der Waals surface area (Å²) < 4.78 is 32.1. The van der Waals surface area contributed by atoms with Crippen molar-refractivity contribution in [2.75, 3.05) is 36.8 Å². The largest absolute Gasteiger partial charge is 0.488 e. The van der Waals surface area contributed by atoms with Crippen LogP contribution in [0.15, 0.2) is 72.9 Å². The minimum absolute atomic E-state index is 0.121. The Bertz CT molecular complexity index is 1680. The Balaban J connectivity index is 1.25. The van der Waals surface area contributed by atoms with E-state index in [1.807, 2.05) is 66.7 Å². The molecule has 3 aromatic heterocycles. The smallest absolute Gasteiger partial charge is 0.213 e. The number of nitrogens with one attached hydrogen (secondary N) is 2. The summed E-state index contributed by atoms with van der Waals surface area (Å²) in [5.74, 6) is 2.35. The van der Waals surface area contributed by atoms with Crippen LogP contribution in [0.25, 0.3) is 33.8 Å². The summed E-state index contributed by atoms with van der Waals surface area (Å²) in [7, 11) is -3.18. The fourth-order valence-corrected chi connectivity index (χ4v) is 5.81. The van der Waals surface area contributed by atoms with Crippen molar-refractivity contribution in [1.82, 2.24) is 29.5 Å². The number of aromatic nitrogens is 5. The van der Waals surface area contributed by atoms with Gasteiger partial charge in [0.15, 0.2) is 5.65 Å². The maximum atomic E-state index is 12.2. The average Bonchev–Trinajstić information content (AvgIpc) is 3.67. The van der Waals surface area contributed by atoms with Crippen LogP contribution in [0.5, 0.6) is 5.75 Å². The fourth-order valence-electron chi connectivity index (χ4n) is 4.73. The minimum Gasteiger partial charge on any atom is -0.488 e. The zero-order valence-electron chi connectivity index (χ0n) is 21.5. The van der Waals surface area contributed by atoms with E-state index in [1.165, 1.54) is 0 Å². The van der Waals surface area contributed by atoms with E-state index in [4.69, 9.17) is 14.7 Å².